The normalized spacial score (nSPS) is 11.9. The number of rotatable bonds is 8. The molecule has 0 aromatic heterocycles. The molecule has 0 amide bonds. The van der Waals surface area contributed by atoms with Gasteiger partial charge in [-0.3, -0.25) is 4.72 Å². The summed E-state index contributed by atoms with van der Waals surface area (Å²) in [6, 6.07) is 7.06. The van der Waals surface area contributed by atoms with Crippen LogP contribution in [0.25, 0.3) is 12.2 Å². The number of thiocarbonyl (C=S) groups is 1. The minimum atomic E-state index is -5.05. The van der Waals surface area contributed by atoms with E-state index in [-0.39, 0.29) is 86.7 Å². The number of nitrogens with one attached hydrogen (secondary N) is 3. The second-order valence-corrected chi connectivity index (χ2v) is 12.5. The van der Waals surface area contributed by atoms with Crippen molar-refractivity contribution in [3.05, 3.63) is 47.5 Å². The molecule has 17 heteroatoms. The van der Waals surface area contributed by atoms with E-state index in [0.717, 1.165) is 24.3 Å². The minimum absolute atomic E-state index is 0. The van der Waals surface area contributed by atoms with Crippen LogP contribution in [-0.2, 0) is 30.3 Å². The van der Waals surface area contributed by atoms with Gasteiger partial charge in [0.2, 0.25) is 10.0 Å². The minimum Gasteiger partial charge on any atom is -0.744 e. The maximum atomic E-state index is 12.0. The SMILES string of the molecule is CNC(=S)Nc1ccc(/C=C/c2ccc(NS(=O)(=O)C(C)C)cc2S(=O)(=O)[O-])c(S(=O)(=O)[O-])c1.[Na+].[Na+]. The van der Waals surface area contributed by atoms with Crippen LogP contribution in [0.3, 0.4) is 0 Å². The average Bonchev–Trinajstić information content (AvgIpc) is 2.71. The summed E-state index contributed by atoms with van der Waals surface area (Å²) in [5.74, 6) is 0. The molecule has 0 radical (unpaired) electrons. The van der Waals surface area contributed by atoms with Crippen molar-refractivity contribution in [1.29, 1.82) is 0 Å². The molecule has 0 bridgehead atoms. The molecule has 0 saturated carbocycles. The van der Waals surface area contributed by atoms with E-state index in [2.05, 4.69) is 15.4 Å². The van der Waals surface area contributed by atoms with Gasteiger partial charge >= 0.3 is 59.1 Å². The van der Waals surface area contributed by atoms with Gasteiger partial charge < -0.3 is 19.7 Å². The Morgan fingerprint density at radius 1 is 0.833 bits per heavy atom. The standard InChI is InChI=1S/C19H23N3O8S4.2Na/c1-12(2)32(23,24)22-16-9-7-14(18(11-16)34(28,29)30)5-4-13-6-8-15(21-19(31)20-3)10-17(13)33(25,26)27;;/h4-12,22H,1-3H3,(H2,20,21,31)(H,25,26,27)(H,28,29,30);;/q;2*+1/p-2/b5-4+;;. The number of hydrogen-bond acceptors (Lipinski definition) is 9. The van der Waals surface area contributed by atoms with Crippen LogP contribution in [0.15, 0.2) is 46.2 Å². The molecule has 0 aliphatic carbocycles. The second kappa shape index (κ2) is 14.0. The summed E-state index contributed by atoms with van der Waals surface area (Å²) in [6.07, 6.45) is 2.27. The third-order valence-corrected chi connectivity index (χ3v) is 8.23. The van der Waals surface area contributed by atoms with Gasteiger partial charge in [0, 0.05) is 18.4 Å². The monoisotopic (exact) mass is 593 g/mol. The molecule has 0 saturated heterocycles. The topological polar surface area (TPSA) is 185 Å². The summed E-state index contributed by atoms with van der Waals surface area (Å²) in [5, 5.41) is 4.67. The van der Waals surface area contributed by atoms with Gasteiger partial charge in [0.1, 0.15) is 20.2 Å². The average molecular weight is 594 g/mol. The molecule has 186 valence electrons. The number of benzene rings is 2. The molecule has 0 atom stereocenters. The summed E-state index contributed by atoms with van der Waals surface area (Å²) in [6.45, 7) is 2.83. The number of hydrogen-bond donors (Lipinski definition) is 3. The molecule has 0 unspecified atom stereocenters. The first kappa shape index (κ1) is 35.4. The zero-order valence-corrected chi connectivity index (χ0v) is 27.4. The van der Waals surface area contributed by atoms with Crippen molar-refractivity contribution in [3.63, 3.8) is 0 Å². The molecule has 0 aliphatic heterocycles. The molecule has 0 heterocycles. The predicted octanol–water partition coefficient (Wildman–Crippen LogP) is -4.26. The number of anilines is 2. The molecule has 0 aliphatic rings. The van der Waals surface area contributed by atoms with Crippen LogP contribution in [0, 0.1) is 0 Å². The van der Waals surface area contributed by atoms with Gasteiger partial charge in [-0.15, -0.1) is 0 Å². The quantitative estimate of drug-likeness (QED) is 0.117. The van der Waals surface area contributed by atoms with Crippen molar-refractivity contribution in [3.8, 4) is 0 Å². The van der Waals surface area contributed by atoms with Gasteiger partial charge in [0.05, 0.1) is 15.0 Å². The molecule has 36 heavy (non-hydrogen) atoms. The van der Waals surface area contributed by atoms with E-state index in [4.69, 9.17) is 12.2 Å². The van der Waals surface area contributed by atoms with Crippen molar-refractivity contribution in [1.82, 2.24) is 5.32 Å². The Morgan fingerprint density at radius 3 is 1.64 bits per heavy atom. The first-order valence-electron chi connectivity index (χ1n) is 9.43. The third kappa shape index (κ3) is 9.96. The van der Waals surface area contributed by atoms with Crippen molar-refractivity contribution in [2.24, 2.45) is 0 Å². The van der Waals surface area contributed by atoms with Gasteiger partial charge in [-0.05, 0) is 61.5 Å². The van der Waals surface area contributed by atoms with Crippen LogP contribution in [-0.4, -0.2) is 51.8 Å². The largest absolute Gasteiger partial charge is 1.00 e. The third-order valence-electron chi connectivity index (χ3n) is 4.37. The van der Waals surface area contributed by atoms with Gasteiger partial charge in [-0.25, -0.2) is 25.3 Å². The Bertz CT molecular complexity index is 1460. The molecular formula is C19H21N3Na2O8S4. The molecule has 3 N–H and O–H groups in total. The van der Waals surface area contributed by atoms with Crippen LogP contribution in [0.1, 0.15) is 25.0 Å². The van der Waals surface area contributed by atoms with Crippen LogP contribution in [0.2, 0.25) is 0 Å². The summed E-state index contributed by atoms with van der Waals surface area (Å²) < 4.78 is 96.9. The molecule has 2 rings (SSSR count). The Balaban J connectivity index is 0.00000612. The van der Waals surface area contributed by atoms with Crippen molar-refractivity contribution in [2.75, 3.05) is 17.1 Å². The summed E-state index contributed by atoms with van der Waals surface area (Å²) >= 11 is 4.94. The molecule has 2 aromatic rings. The fourth-order valence-electron chi connectivity index (χ4n) is 2.57. The van der Waals surface area contributed by atoms with Crippen molar-refractivity contribution >= 4 is 71.1 Å². The summed E-state index contributed by atoms with van der Waals surface area (Å²) in [5.41, 5.74) is -0.139. The van der Waals surface area contributed by atoms with Crippen LogP contribution < -0.4 is 74.5 Å². The van der Waals surface area contributed by atoms with E-state index in [1.807, 2.05) is 0 Å². The second-order valence-electron chi connectivity index (χ2n) is 7.15. The van der Waals surface area contributed by atoms with Gasteiger partial charge in [0.25, 0.3) is 0 Å². The maximum Gasteiger partial charge on any atom is 1.00 e. The predicted molar refractivity (Wildman–Crippen MR) is 131 cm³/mol. The summed E-state index contributed by atoms with van der Waals surface area (Å²) in [4.78, 5) is -1.35. The molecular weight excluding hydrogens is 572 g/mol. The van der Waals surface area contributed by atoms with E-state index in [1.165, 1.54) is 38.1 Å². The fourth-order valence-corrected chi connectivity index (χ4v) is 4.77. The van der Waals surface area contributed by atoms with Gasteiger partial charge in [0.15, 0.2) is 5.11 Å². The fraction of sp³-hybridized carbons (Fsp3) is 0.211. The summed E-state index contributed by atoms with van der Waals surface area (Å²) in [7, 11) is -12.2. The first-order valence-corrected chi connectivity index (χ1v) is 14.2. The zero-order chi connectivity index (χ0) is 25.9. The Kier molecular flexibility index (Phi) is 13.8. The first-order chi connectivity index (χ1) is 15.5. The Labute approximate surface area is 260 Å². The number of sulfonamides is 1. The smallest absolute Gasteiger partial charge is 0.744 e. The maximum absolute atomic E-state index is 12.0. The van der Waals surface area contributed by atoms with Crippen LogP contribution in [0.5, 0.6) is 0 Å². The molecule has 11 nitrogen and oxygen atoms in total. The molecule has 0 spiro atoms. The Morgan fingerprint density at radius 2 is 1.25 bits per heavy atom. The van der Waals surface area contributed by atoms with Crippen LogP contribution >= 0.6 is 12.2 Å². The molecule has 2 aromatic carbocycles. The van der Waals surface area contributed by atoms with E-state index < -0.39 is 45.3 Å². The van der Waals surface area contributed by atoms with E-state index >= 15 is 0 Å². The van der Waals surface area contributed by atoms with Gasteiger partial charge in [-0.1, -0.05) is 24.3 Å². The van der Waals surface area contributed by atoms with Crippen molar-refractivity contribution in [2.45, 2.75) is 28.9 Å². The Hall–Kier alpha value is -0.560. The van der Waals surface area contributed by atoms with E-state index in [9.17, 15) is 34.4 Å². The van der Waals surface area contributed by atoms with E-state index in [1.54, 1.807) is 7.05 Å². The van der Waals surface area contributed by atoms with E-state index in [0.29, 0.717) is 0 Å². The zero-order valence-electron chi connectivity index (χ0n) is 20.1. The van der Waals surface area contributed by atoms with Gasteiger partial charge in [-0.2, -0.15) is 0 Å². The molecule has 0 fully saturated rings. The van der Waals surface area contributed by atoms with Crippen LogP contribution in [0.4, 0.5) is 11.4 Å². The van der Waals surface area contributed by atoms with Crippen molar-refractivity contribution < 1.29 is 93.5 Å².